The predicted octanol–water partition coefficient (Wildman–Crippen LogP) is 2.72. The summed E-state index contributed by atoms with van der Waals surface area (Å²) in [5.41, 5.74) is 0. The lowest BCUT2D eigenvalue weighted by Crippen LogP contribution is -2.34. The number of carbonyl (C=O) groups is 1. The van der Waals surface area contributed by atoms with Gasteiger partial charge in [0.1, 0.15) is 0 Å². The number of hydrogen-bond donors (Lipinski definition) is 1. The predicted molar refractivity (Wildman–Crippen MR) is 68.7 cm³/mol. The van der Waals surface area contributed by atoms with Crippen molar-refractivity contribution in [2.24, 2.45) is 0 Å². The lowest BCUT2D eigenvalue weighted by molar-refractivity contribution is -0.122. The molecule has 17 heavy (non-hydrogen) atoms. The molecule has 1 saturated carbocycles. The zero-order valence-electron chi connectivity index (χ0n) is 10.4. The molecule has 0 atom stereocenters. The SMILES string of the molecule is O=C(CCn1cccc1)NC1CCCCCC1. The summed E-state index contributed by atoms with van der Waals surface area (Å²) < 4.78 is 2.05. The molecule has 1 aromatic heterocycles. The first-order chi connectivity index (χ1) is 8.34. The summed E-state index contributed by atoms with van der Waals surface area (Å²) in [7, 11) is 0. The zero-order chi connectivity index (χ0) is 11.9. The van der Waals surface area contributed by atoms with Crippen LogP contribution >= 0.6 is 0 Å². The maximum absolute atomic E-state index is 11.8. The molecule has 0 saturated heterocycles. The first-order valence-electron chi connectivity index (χ1n) is 6.75. The average Bonchev–Trinajstić information content (AvgIpc) is 2.72. The van der Waals surface area contributed by atoms with Gasteiger partial charge in [-0.15, -0.1) is 0 Å². The normalized spacial score (nSPS) is 17.6. The van der Waals surface area contributed by atoms with Crippen molar-refractivity contribution in [2.45, 2.75) is 57.5 Å². The minimum absolute atomic E-state index is 0.200. The number of amides is 1. The number of hydrogen-bond acceptors (Lipinski definition) is 1. The molecule has 1 fully saturated rings. The molecule has 0 unspecified atom stereocenters. The molecule has 0 aliphatic heterocycles. The third kappa shape index (κ3) is 4.25. The van der Waals surface area contributed by atoms with Gasteiger partial charge in [-0.1, -0.05) is 25.7 Å². The van der Waals surface area contributed by atoms with Gasteiger partial charge in [-0.3, -0.25) is 4.79 Å². The van der Waals surface area contributed by atoms with Gasteiger partial charge in [0.15, 0.2) is 0 Å². The topological polar surface area (TPSA) is 34.0 Å². The smallest absolute Gasteiger partial charge is 0.222 e. The fourth-order valence-electron chi connectivity index (χ4n) is 2.47. The zero-order valence-corrected chi connectivity index (χ0v) is 10.4. The van der Waals surface area contributed by atoms with Gasteiger partial charge in [0, 0.05) is 31.4 Å². The number of nitrogens with one attached hydrogen (secondary N) is 1. The highest BCUT2D eigenvalue weighted by Gasteiger charge is 2.14. The molecule has 1 aromatic rings. The Labute approximate surface area is 103 Å². The van der Waals surface area contributed by atoms with Crippen LogP contribution in [0.2, 0.25) is 0 Å². The van der Waals surface area contributed by atoms with E-state index in [4.69, 9.17) is 0 Å². The lowest BCUT2D eigenvalue weighted by atomic mass is 10.1. The Morgan fingerprint density at radius 2 is 1.76 bits per heavy atom. The molecule has 1 amide bonds. The van der Waals surface area contributed by atoms with E-state index < -0.39 is 0 Å². The van der Waals surface area contributed by atoms with E-state index in [9.17, 15) is 4.79 Å². The van der Waals surface area contributed by atoms with E-state index >= 15 is 0 Å². The van der Waals surface area contributed by atoms with Crippen LogP contribution in [-0.2, 0) is 11.3 Å². The van der Waals surface area contributed by atoms with Crippen molar-refractivity contribution >= 4 is 5.91 Å². The lowest BCUT2D eigenvalue weighted by Gasteiger charge is -2.16. The van der Waals surface area contributed by atoms with Crippen molar-refractivity contribution in [3.05, 3.63) is 24.5 Å². The van der Waals surface area contributed by atoms with E-state index in [1.807, 2.05) is 29.1 Å². The second-order valence-corrected chi connectivity index (χ2v) is 4.93. The number of nitrogens with zero attached hydrogens (tertiary/aromatic N) is 1. The van der Waals surface area contributed by atoms with Crippen molar-refractivity contribution in [3.8, 4) is 0 Å². The van der Waals surface area contributed by atoms with E-state index in [0.29, 0.717) is 12.5 Å². The van der Waals surface area contributed by atoms with Crippen LogP contribution in [0.15, 0.2) is 24.5 Å². The Bertz CT molecular complexity index is 324. The summed E-state index contributed by atoms with van der Waals surface area (Å²) in [5.74, 6) is 0.200. The van der Waals surface area contributed by atoms with Gasteiger partial charge < -0.3 is 9.88 Å². The van der Waals surface area contributed by atoms with Crippen molar-refractivity contribution in [1.29, 1.82) is 0 Å². The van der Waals surface area contributed by atoms with Crippen LogP contribution in [0.4, 0.5) is 0 Å². The number of aromatic nitrogens is 1. The Morgan fingerprint density at radius 1 is 1.12 bits per heavy atom. The second-order valence-electron chi connectivity index (χ2n) is 4.93. The summed E-state index contributed by atoms with van der Waals surface area (Å²) in [5, 5.41) is 3.17. The minimum Gasteiger partial charge on any atom is -0.354 e. The van der Waals surface area contributed by atoms with E-state index in [0.717, 1.165) is 19.4 Å². The van der Waals surface area contributed by atoms with Gasteiger partial charge >= 0.3 is 0 Å². The summed E-state index contributed by atoms with van der Waals surface area (Å²) in [4.78, 5) is 11.8. The highest BCUT2D eigenvalue weighted by atomic mass is 16.1. The number of aryl methyl sites for hydroxylation is 1. The van der Waals surface area contributed by atoms with Gasteiger partial charge in [-0.2, -0.15) is 0 Å². The average molecular weight is 234 g/mol. The summed E-state index contributed by atoms with van der Waals surface area (Å²) in [6.07, 6.45) is 12.1. The molecular weight excluding hydrogens is 212 g/mol. The molecule has 94 valence electrons. The van der Waals surface area contributed by atoms with Crippen molar-refractivity contribution in [1.82, 2.24) is 9.88 Å². The monoisotopic (exact) mass is 234 g/mol. The molecule has 1 N–H and O–H groups in total. The van der Waals surface area contributed by atoms with Crippen molar-refractivity contribution in [2.75, 3.05) is 0 Å². The van der Waals surface area contributed by atoms with E-state index in [2.05, 4.69) is 5.32 Å². The molecule has 3 nitrogen and oxygen atoms in total. The molecular formula is C14H22N2O. The van der Waals surface area contributed by atoms with E-state index in [1.54, 1.807) is 0 Å². The standard InChI is InChI=1S/C14H22N2O/c17-14(9-12-16-10-5-6-11-16)15-13-7-3-1-2-4-8-13/h5-6,10-11,13H,1-4,7-9,12H2,(H,15,17). The largest absolute Gasteiger partial charge is 0.354 e. The Hall–Kier alpha value is -1.25. The fraction of sp³-hybridized carbons (Fsp3) is 0.643. The Balaban J connectivity index is 1.69. The third-order valence-electron chi connectivity index (χ3n) is 3.48. The molecule has 1 heterocycles. The van der Waals surface area contributed by atoms with Crippen LogP contribution < -0.4 is 5.32 Å². The summed E-state index contributed by atoms with van der Waals surface area (Å²) >= 11 is 0. The third-order valence-corrected chi connectivity index (χ3v) is 3.48. The fourth-order valence-corrected chi connectivity index (χ4v) is 2.47. The van der Waals surface area contributed by atoms with Gasteiger partial charge in [0.2, 0.25) is 5.91 Å². The Kier molecular flexibility index (Phi) is 4.65. The van der Waals surface area contributed by atoms with Gasteiger partial charge in [-0.25, -0.2) is 0 Å². The maximum atomic E-state index is 11.8. The molecule has 2 rings (SSSR count). The first-order valence-corrected chi connectivity index (χ1v) is 6.75. The van der Waals surface area contributed by atoms with E-state index in [1.165, 1.54) is 25.7 Å². The van der Waals surface area contributed by atoms with Gasteiger partial charge in [0.25, 0.3) is 0 Å². The summed E-state index contributed by atoms with van der Waals surface area (Å²) in [6.45, 7) is 0.783. The molecule has 3 heteroatoms. The highest BCUT2D eigenvalue weighted by Crippen LogP contribution is 2.17. The summed E-state index contributed by atoms with van der Waals surface area (Å²) in [6, 6.07) is 4.40. The number of rotatable bonds is 4. The second kappa shape index (κ2) is 6.48. The van der Waals surface area contributed by atoms with Crippen molar-refractivity contribution < 1.29 is 4.79 Å². The molecule has 1 aliphatic rings. The quantitative estimate of drug-likeness (QED) is 0.799. The van der Waals surface area contributed by atoms with Crippen LogP contribution in [0.1, 0.15) is 44.9 Å². The van der Waals surface area contributed by atoms with Crippen LogP contribution in [0.3, 0.4) is 0 Å². The Morgan fingerprint density at radius 3 is 2.41 bits per heavy atom. The highest BCUT2D eigenvalue weighted by molar-refractivity contribution is 5.76. The molecule has 0 radical (unpaired) electrons. The van der Waals surface area contributed by atoms with Crippen molar-refractivity contribution in [3.63, 3.8) is 0 Å². The van der Waals surface area contributed by atoms with Crippen LogP contribution in [-0.4, -0.2) is 16.5 Å². The first kappa shape index (κ1) is 12.2. The van der Waals surface area contributed by atoms with Crippen LogP contribution in [0.5, 0.6) is 0 Å². The van der Waals surface area contributed by atoms with Gasteiger partial charge in [-0.05, 0) is 25.0 Å². The van der Waals surface area contributed by atoms with Gasteiger partial charge in [0.05, 0.1) is 0 Å². The minimum atomic E-state index is 0.200. The van der Waals surface area contributed by atoms with Crippen LogP contribution in [0.25, 0.3) is 0 Å². The van der Waals surface area contributed by atoms with E-state index in [-0.39, 0.29) is 5.91 Å². The molecule has 0 aromatic carbocycles. The maximum Gasteiger partial charge on any atom is 0.222 e. The molecule has 0 bridgehead atoms. The molecule has 0 spiro atoms. The van der Waals surface area contributed by atoms with Crippen LogP contribution in [0, 0.1) is 0 Å². The molecule has 1 aliphatic carbocycles. The number of carbonyl (C=O) groups excluding carboxylic acids is 1.